The average molecular weight is 761 g/mol. The third-order valence-electron chi connectivity index (χ3n) is 9.84. The van der Waals surface area contributed by atoms with E-state index in [1.807, 2.05) is 88.0 Å². The highest BCUT2D eigenvalue weighted by Crippen LogP contribution is 2.47. The van der Waals surface area contributed by atoms with E-state index in [9.17, 15) is 9.59 Å². The van der Waals surface area contributed by atoms with Crippen molar-refractivity contribution < 1.29 is 28.5 Å². The molecule has 2 fully saturated rings. The van der Waals surface area contributed by atoms with Gasteiger partial charge in [-0.2, -0.15) is 0 Å². The van der Waals surface area contributed by atoms with Gasteiger partial charge in [0.25, 0.3) is 5.91 Å². The molecule has 56 heavy (non-hydrogen) atoms. The number of nitrogens with zero attached hydrogens (tertiary/aromatic N) is 4. The fourth-order valence-corrected chi connectivity index (χ4v) is 6.93. The molecule has 2 saturated heterocycles. The molecule has 0 bridgehead atoms. The molecule has 12 heteroatoms. The number of hydrogen-bond donors (Lipinski definition) is 2. The average Bonchev–Trinajstić information content (AvgIpc) is 3.45. The molecule has 12 nitrogen and oxygen atoms in total. The molecule has 3 aliphatic rings. The van der Waals surface area contributed by atoms with Gasteiger partial charge in [0.2, 0.25) is 11.5 Å². The predicted octanol–water partition coefficient (Wildman–Crippen LogP) is 6.80. The first-order valence-electron chi connectivity index (χ1n) is 19.3. The number of nitrogens with one attached hydrogen (secondary N) is 2. The van der Waals surface area contributed by atoms with Gasteiger partial charge >= 0.3 is 6.09 Å². The fourth-order valence-electron chi connectivity index (χ4n) is 6.93. The number of para-hydroxylation sites is 2. The molecule has 2 aromatic heterocycles. The Bertz CT molecular complexity index is 2190. The zero-order valence-corrected chi connectivity index (χ0v) is 33.1. The molecule has 0 aliphatic carbocycles. The summed E-state index contributed by atoms with van der Waals surface area (Å²) in [4.78, 5) is 38.6. The molecule has 0 radical (unpaired) electrons. The molecule has 2 N–H and O–H groups in total. The first-order chi connectivity index (χ1) is 26.8. The summed E-state index contributed by atoms with van der Waals surface area (Å²) >= 11 is 0. The lowest BCUT2D eigenvalue weighted by Crippen LogP contribution is -2.54. The molecule has 5 aromatic rings. The number of hydrogen-bond acceptors (Lipinski definition) is 10. The molecular formula is C44H52N6O6. The first-order valence-corrected chi connectivity index (χ1v) is 19.3. The van der Waals surface area contributed by atoms with Crippen molar-refractivity contribution in [1.82, 2.24) is 30.4 Å². The van der Waals surface area contributed by atoms with Gasteiger partial charge in [-0.15, -0.1) is 0 Å². The number of methoxy groups -OCH3 is 1. The van der Waals surface area contributed by atoms with Crippen LogP contribution < -0.4 is 24.8 Å². The predicted molar refractivity (Wildman–Crippen MR) is 216 cm³/mol. The maximum absolute atomic E-state index is 13.6. The van der Waals surface area contributed by atoms with Gasteiger partial charge in [0.1, 0.15) is 5.60 Å². The maximum Gasteiger partial charge on any atom is 0.410 e. The van der Waals surface area contributed by atoms with E-state index in [-0.39, 0.29) is 12.0 Å². The number of carbonyl (C=O) groups excluding carboxylic acids is 2. The summed E-state index contributed by atoms with van der Waals surface area (Å²) < 4.78 is 22.6. The summed E-state index contributed by atoms with van der Waals surface area (Å²) in [6, 6.07) is 27.8. The zero-order chi connectivity index (χ0) is 39.5. The quantitative estimate of drug-likeness (QED) is 0.157. The number of carbonyl (C=O) groups is 2. The minimum atomic E-state index is -0.802. The van der Waals surface area contributed by atoms with E-state index in [4.69, 9.17) is 23.9 Å². The molecule has 0 spiro atoms. The number of aromatic nitrogens is 2. The topological polar surface area (TPSA) is 127 Å². The van der Waals surface area contributed by atoms with Crippen LogP contribution in [-0.4, -0.2) is 89.5 Å². The lowest BCUT2D eigenvalue weighted by atomic mass is 10.0. The van der Waals surface area contributed by atoms with Crippen LogP contribution in [0, 0.1) is 11.8 Å². The summed E-state index contributed by atoms with van der Waals surface area (Å²) in [5.41, 5.74) is 3.93. The number of rotatable bonds is 10. The number of benzene rings is 3. The van der Waals surface area contributed by atoms with Gasteiger partial charge < -0.3 is 39.4 Å². The molecule has 0 atom stereocenters. The highest BCUT2D eigenvalue weighted by atomic mass is 16.7. The summed E-state index contributed by atoms with van der Waals surface area (Å²) in [6.45, 7) is 15.4. The minimum Gasteiger partial charge on any atom is -0.493 e. The fraction of sp³-hybridized carbons (Fsp3) is 0.409. The van der Waals surface area contributed by atoms with Gasteiger partial charge in [0.05, 0.1) is 36.1 Å². The van der Waals surface area contributed by atoms with Crippen LogP contribution in [0.2, 0.25) is 0 Å². The number of pyridine rings is 2. The summed E-state index contributed by atoms with van der Waals surface area (Å²) in [5.74, 6) is 1.56. The van der Waals surface area contributed by atoms with Crippen LogP contribution >= 0.6 is 0 Å². The van der Waals surface area contributed by atoms with Crippen molar-refractivity contribution in [2.75, 3.05) is 46.4 Å². The largest absolute Gasteiger partial charge is 0.493 e. The molecule has 294 valence electrons. The standard InChI is InChI=1S/C25H27N3O4.C19H25N3O2/c1-25(2)31-22-11-18(10-21(30-3)23(22)32-25)24(29)28(14-16-12-26-13-16)15-19-9-8-17-6-4-5-7-20(17)27-19;1-19(2,3)24-18(23)22-12-14(13-22)10-20-11-16-9-8-15-6-4-5-7-17(15)21-16/h4-11,16,26H,12-15H2,1-3H3;4-9,14,20H,10-13H2,1-3H3. The van der Waals surface area contributed by atoms with Crippen LogP contribution in [0.5, 0.6) is 17.2 Å². The first kappa shape index (κ1) is 38.8. The number of fused-ring (bicyclic) bond motifs is 3. The van der Waals surface area contributed by atoms with Crippen molar-refractivity contribution >= 4 is 33.8 Å². The van der Waals surface area contributed by atoms with Crippen LogP contribution in [0.15, 0.2) is 84.9 Å². The second-order valence-corrected chi connectivity index (χ2v) is 16.2. The molecule has 0 unspecified atom stereocenters. The van der Waals surface area contributed by atoms with Crippen molar-refractivity contribution in [3.63, 3.8) is 0 Å². The lowest BCUT2D eigenvalue weighted by molar-refractivity contribution is -0.0439. The van der Waals surface area contributed by atoms with Crippen molar-refractivity contribution in [2.24, 2.45) is 11.8 Å². The lowest BCUT2D eigenvalue weighted by Gasteiger charge is -2.39. The van der Waals surface area contributed by atoms with Gasteiger partial charge in [-0.05, 0) is 57.2 Å². The molecule has 0 saturated carbocycles. The Kier molecular flexibility index (Phi) is 11.3. The van der Waals surface area contributed by atoms with Crippen LogP contribution in [-0.2, 0) is 17.8 Å². The highest BCUT2D eigenvalue weighted by Gasteiger charge is 2.36. The van der Waals surface area contributed by atoms with E-state index in [0.717, 1.165) is 72.5 Å². The van der Waals surface area contributed by atoms with E-state index in [2.05, 4.69) is 39.9 Å². The second kappa shape index (κ2) is 16.3. The van der Waals surface area contributed by atoms with Gasteiger partial charge in [0, 0.05) is 87.8 Å². The van der Waals surface area contributed by atoms with E-state index in [0.29, 0.717) is 47.7 Å². The molecule has 3 aromatic carbocycles. The van der Waals surface area contributed by atoms with Crippen LogP contribution in [0.3, 0.4) is 0 Å². The maximum atomic E-state index is 13.6. The van der Waals surface area contributed by atoms with E-state index >= 15 is 0 Å². The Balaban J connectivity index is 0.000000179. The van der Waals surface area contributed by atoms with E-state index in [1.54, 1.807) is 24.1 Å². The Morgan fingerprint density at radius 1 is 0.893 bits per heavy atom. The van der Waals surface area contributed by atoms with Gasteiger partial charge in [-0.1, -0.05) is 48.5 Å². The Labute approximate surface area is 328 Å². The second-order valence-electron chi connectivity index (χ2n) is 16.2. The smallest absolute Gasteiger partial charge is 0.410 e. The third kappa shape index (κ3) is 9.49. The van der Waals surface area contributed by atoms with Gasteiger partial charge in [-0.25, -0.2) is 4.79 Å². The molecule has 3 aliphatic heterocycles. The number of likely N-dealkylation sites (tertiary alicyclic amines) is 1. The molecule has 8 rings (SSSR count). The summed E-state index contributed by atoms with van der Waals surface area (Å²) in [6.07, 6.45) is -0.213. The van der Waals surface area contributed by atoms with Gasteiger partial charge in [-0.3, -0.25) is 14.8 Å². The van der Waals surface area contributed by atoms with Gasteiger partial charge in [0.15, 0.2) is 11.5 Å². The normalized spacial score (nSPS) is 16.1. The molecular weight excluding hydrogens is 709 g/mol. The van der Waals surface area contributed by atoms with Crippen molar-refractivity contribution in [3.8, 4) is 17.2 Å². The molecule has 5 heterocycles. The van der Waals surface area contributed by atoms with E-state index < -0.39 is 11.4 Å². The Hall–Kier alpha value is -5.46. The highest BCUT2D eigenvalue weighted by molar-refractivity contribution is 5.96. The Morgan fingerprint density at radius 2 is 1.54 bits per heavy atom. The third-order valence-corrected chi connectivity index (χ3v) is 9.84. The Morgan fingerprint density at radius 3 is 2.16 bits per heavy atom. The van der Waals surface area contributed by atoms with Crippen LogP contribution in [0.4, 0.5) is 4.79 Å². The van der Waals surface area contributed by atoms with Crippen molar-refractivity contribution in [3.05, 3.63) is 102 Å². The van der Waals surface area contributed by atoms with Crippen molar-refractivity contribution in [1.29, 1.82) is 0 Å². The summed E-state index contributed by atoms with van der Waals surface area (Å²) in [5, 5.41) is 8.96. The van der Waals surface area contributed by atoms with Crippen LogP contribution in [0.25, 0.3) is 21.8 Å². The summed E-state index contributed by atoms with van der Waals surface area (Å²) in [7, 11) is 1.56. The SMILES string of the molecule is CC(C)(C)OC(=O)N1CC(CNCc2ccc3ccccc3n2)C1.COc1cc(C(=O)N(Cc2ccc3ccccc3n2)CC2CNC2)cc2c1OC(C)(C)O2. The zero-order valence-electron chi connectivity index (χ0n) is 33.1. The molecule has 2 amide bonds. The number of ether oxygens (including phenoxy) is 4. The van der Waals surface area contributed by atoms with E-state index in [1.165, 1.54) is 0 Å². The minimum absolute atomic E-state index is 0.0822. The monoisotopic (exact) mass is 760 g/mol. The van der Waals surface area contributed by atoms with Crippen LogP contribution in [0.1, 0.15) is 56.4 Å². The number of amides is 2. The van der Waals surface area contributed by atoms with Crippen molar-refractivity contribution in [2.45, 2.75) is 59.1 Å².